The fraction of sp³-hybridized carbons (Fsp3) is 0.188. The molecule has 0 saturated heterocycles. The Hall–Kier alpha value is -1.71. The van der Waals surface area contributed by atoms with Crippen molar-refractivity contribution < 1.29 is 4.79 Å². The number of rotatable bonds is 2. The van der Waals surface area contributed by atoms with Crippen molar-refractivity contribution in [2.75, 3.05) is 17.2 Å². The van der Waals surface area contributed by atoms with E-state index in [1.807, 2.05) is 31.2 Å². The van der Waals surface area contributed by atoms with Crippen molar-refractivity contribution in [3.63, 3.8) is 0 Å². The largest absolute Gasteiger partial charge is 0.384 e. The van der Waals surface area contributed by atoms with Gasteiger partial charge in [0.2, 0.25) is 5.91 Å². The highest BCUT2D eigenvalue weighted by Gasteiger charge is 2.28. The standard InChI is InChI=1S/C16H14Cl2N2O/c1-9-6-13(18)15(7-12(9)17)20-16(21)11-8-19-14-5-3-2-4-10(11)14/h2-7,11,19H,8H2,1H3,(H,20,21). The summed E-state index contributed by atoms with van der Waals surface area (Å²) >= 11 is 12.3. The number of fused-ring (bicyclic) bond motifs is 1. The molecule has 1 amide bonds. The third-order valence-electron chi connectivity index (χ3n) is 3.66. The van der Waals surface area contributed by atoms with Gasteiger partial charge in [-0.25, -0.2) is 0 Å². The van der Waals surface area contributed by atoms with E-state index in [1.54, 1.807) is 12.1 Å². The molecule has 5 heteroatoms. The van der Waals surface area contributed by atoms with Crippen molar-refractivity contribution in [3.05, 3.63) is 57.6 Å². The summed E-state index contributed by atoms with van der Waals surface area (Å²) < 4.78 is 0. The highest BCUT2D eigenvalue weighted by Crippen LogP contribution is 2.34. The molecule has 1 unspecified atom stereocenters. The van der Waals surface area contributed by atoms with Crippen molar-refractivity contribution in [1.82, 2.24) is 0 Å². The lowest BCUT2D eigenvalue weighted by molar-refractivity contribution is -0.117. The highest BCUT2D eigenvalue weighted by molar-refractivity contribution is 6.36. The summed E-state index contributed by atoms with van der Waals surface area (Å²) in [5.74, 6) is -0.313. The normalized spacial score (nSPS) is 16.2. The van der Waals surface area contributed by atoms with Gasteiger partial charge in [-0.05, 0) is 36.2 Å². The van der Waals surface area contributed by atoms with E-state index in [0.29, 0.717) is 22.3 Å². The summed E-state index contributed by atoms with van der Waals surface area (Å²) in [7, 11) is 0. The van der Waals surface area contributed by atoms with Crippen LogP contribution in [0.15, 0.2) is 36.4 Å². The van der Waals surface area contributed by atoms with Crippen LogP contribution in [0.4, 0.5) is 11.4 Å². The van der Waals surface area contributed by atoms with Crippen molar-refractivity contribution in [3.8, 4) is 0 Å². The summed E-state index contributed by atoms with van der Waals surface area (Å²) in [6.45, 7) is 2.46. The predicted octanol–water partition coefficient (Wildman–Crippen LogP) is 4.45. The molecular weight excluding hydrogens is 307 g/mol. The van der Waals surface area contributed by atoms with E-state index in [1.165, 1.54) is 0 Å². The number of anilines is 2. The van der Waals surface area contributed by atoms with E-state index in [0.717, 1.165) is 16.8 Å². The quantitative estimate of drug-likeness (QED) is 0.858. The van der Waals surface area contributed by atoms with Crippen molar-refractivity contribution >= 4 is 40.5 Å². The van der Waals surface area contributed by atoms with Gasteiger partial charge in [0.1, 0.15) is 0 Å². The molecule has 1 heterocycles. The maximum Gasteiger partial charge on any atom is 0.233 e. The van der Waals surface area contributed by atoms with Crippen LogP contribution in [-0.4, -0.2) is 12.5 Å². The molecule has 1 atom stereocenters. The molecule has 108 valence electrons. The SMILES string of the molecule is Cc1cc(Cl)c(NC(=O)C2CNc3ccccc32)cc1Cl. The van der Waals surface area contributed by atoms with Crippen LogP contribution in [0.25, 0.3) is 0 Å². The lowest BCUT2D eigenvalue weighted by Gasteiger charge is -2.13. The number of para-hydroxylation sites is 1. The van der Waals surface area contributed by atoms with Crippen LogP contribution in [-0.2, 0) is 4.79 Å². The monoisotopic (exact) mass is 320 g/mol. The first-order chi connectivity index (χ1) is 10.1. The maximum atomic E-state index is 12.5. The Kier molecular flexibility index (Phi) is 3.79. The van der Waals surface area contributed by atoms with Crippen molar-refractivity contribution in [2.24, 2.45) is 0 Å². The van der Waals surface area contributed by atoms with Gasteiger partial charge in [-0.1, -0.05) is 41.4 Å². The Morgan fingerprint density at radius 2 is 2.00 bits per heavy atom. The highest BCUT2D eigenvalue weighted by atomic mass is 35.5. The zero-order valence-corrected chi connectivity index (χ0v) is 12.9. The molecule has 3 rings (SSSR count). The molecule has 0 fully saturated rings. The molecule has 0 bridgehead atoms. The number of amides is 1. The smallest absolute Gasteiger partial charge is 0.233 e. The molecule has 3 nitrogen and oxygen atoms in total. The van der Waals surface area contributed by atoms with Gasteiger partial charge in [-0.3, -0.25) is 4.79 Å². The first-order valence-corrected chi connectivity index (χ1v) is 7.41. The number of carbonyl (C=O) groups excluding carboxylic acids is 1. The second kappa shape index (κ2) is 5.58. The molecule has 1 aliphatic heterocycles. The minimum Gasteiger partial charge on any atom is -0.384 e. The van der Waals surface area contributed by atoms with Gasteiger partial charge in [-0.15, -0.1) is 0 Å². The van der Waals surface area contributed by atoms with Gasteiger partial charge < -0.3 is 10.6 Å². The molecule has 0 aliphatic carbocycles. The number of carbonyl (C=O) groups is 1. The summed E-state index contributed by atoms with van der Waals surface area (Å²) in [4.78, 5) is 12.5. The lowest BCUT2D eigenvalue weighted by Crippen LogP contribution is -2.22. The van der Waals surface area contributed by atoms with Crippen LogP contribution in [0.3, 0.4) is 0 Å². The topological polar surface area (TPSA) is 41.1 Å². The van der Waals surface area contributed by atoms with E-state index >= 15 is 0 Å². The first-order valence-electron chi connectivity index (χ1n) is 6.65. The Morgan fingerprint density at radius 1 is 1.24 bits per heavy atom. The van der Waals surface area contributed by atoms with E-state index in [9.17, 15) is 4.79 Å². The summed E-state index contributed by atoms with van der Waals surface area (Å²) in [6.07, 6.45) is 0. The number of halogens is 2. The van der Waals surface area contributed by atoms with Crippen molar-refractivity contribution in [1.29, 1.82) is 0 Å². The minimum absolute atomic E-state index is 0.0886. The predicted molar refractivity (Wildman–Crippen MR) is 87.5 cm³/mol. The third-order valence-corrected chi connectivity index (χ3v) is 4.38. The zero-order chi connectivity index (χ0) is 15.0. The second-order valence-corrected chi connectivity index (χ2v) is 5.91. The first kappa shape index (κ1) is 14.2. The molecule has 0 spiro atoms. The van der Waals surface area contributed by atoms with Gasteiger partial charge in [0.15, 0.2) is 0 Å². The van der Waals surface area contributed by atoms with Crippen LogP contribution in [0.1, 0.15) is 17.0 Å². The van der Waals surface area contributed by atoms with Crippen LogP contribution in [0, 0.1) is 6.92 Å². The Morgan fingerprint density at radius 3 is 2.81 bits per heavy atom. The fourth-order valence-electron chi connectivity index (χ4n) is 2.48. The van der Waals surface area contributed by atoms with Gasteiger partial charge in [0.25, 0.3) is 0 Å². The molecule has 2 N–H and O–H groups in total. The third kappa shape index (κ3) is 2.71. The number of hydrogen-bond donors (Lipinski definition) is 2. The van der Waals surface area contributed by atoms with Gasteiger partial charge >= 0.3 is 0 Å². The molecular formula is C16H14Cl2N2O. The Bertz CT molecular complexity index is 715. The molecule has 2 aromatic rings. The average molecular weight is 321 g/mol. The van der Waals surface area contributed by atoms with E-state index < -0.39 is 0 Å². The van der Waals surface area contributed by atoms with Crippen LogP contribution in [0.2, 0.25) is 10.0 Å². The lowest BCUT2D eigenvalue weighted by atomic mass is 10.0. The van der Waals surface area contributed by atoms with E-state index in [-0.39, 0.29) is 11.8 Å². The Balaban J connectivity index is 1.84. The van der Waals surface area contributed by atoms with Crippen LogP contribution in [0.5, 0.6) is 0 Å². The maximum absolute atomic E-state index is 12.5. The molecule has 2 aromatic carbocycles. The van der Waals surface area contributed by atoms with E-state index in [2.05, 4.69) is 10.6 Å². The van der Waals surface area contributed by atoms with Crippen LogP contribution < -0.4 is 10.6 Å². The molecule has 0 aromatic heterocycles. The zero-order valence-electron chi connectivity index (χ0n) is 11.4. The van der Waals surface area contributed by atoms with Crippen LogP contribution >= 0.6 is 23.2 Å². The Labute approximate surface area is 133 Å². The molecule has 0 saturated carbocycles. The average Bonchev–Trinajstić information content (AvgIpc) is 2.88. The van der Waals surface area contributed by atoms with Gasteiger partial charge in [0.05, 0.1) is 16.6 Å². The van der Waals surface area contributed by atoms with Gasteiger partial charge in [0, 0.05) is 17.3 Å². The van der Waals surface area contributed by atoms with E-state index in [4.69, 9.17) is 23.2 Å². The minimum atomic E-state index is -0.225. The number of nitrogens with one attached hydrogen (secondary N) is 2. The molecule has 0 radical (unpaired) electrons. The summed E-state index contributed by atoms with van der Waals surface area (Å²) in [6, 6.07) is 11.2. The number of aryl methyl sites for hydroxylation is 1. The number of hydrogen-bond acceptors (Lipinski definition) is 2. The molecule has 21 heavy (non-hydrogen) atoms. The second-order valence-electron chi connectivity index (χ2n) is 5.09. The summed E-state index contributed by atoms with van der Waals surface area (Å²) in [5.41, 5.74) is 3.43. The molecule has 1 aliphatic rings. The number of benzene rings is 2. The van der Waals surface area contributed by atoms with Gasteiger partial charge in [-0.2, -0.15) is 0 Å². The summed E-state index contributed by atoms with van der Waals surface area (Å²) in [5, 5.41) is 7.17. The van der Waals surface area contributed by atoms with Crippen molar-refractivity contribution in [2.45, 2.75) is 12.8 Å². The fourth-order valence-corrected chi connectivity index (χ4v) is 2.91.